The molecule has 0 aliphatic heterocycles. The molecule has 72 valence electrons. The predicted octanol–water partition coefficient (Wildman–Crippen LogP) is 3.24. The summed E-state index contributed by atoms with van der Waals surface area (Å²) >= 11 is 0. The molecule has 1 unspecified atom stereocenters. The molecule has 12 heavy (non-hydrogen) atoms. The van der Waals surface area contributed by atoms with Gasteiger partial charge in [0.2, 0.25) is 0 Å². The van der Waals surface area contributed by atoms with Crippen molar-refractivity contribution in [3.05, 3.63) is 0 Å². The Bertz CT molecular complexity index is 114. The maximum absolute atomic E-state index is 5.35. The van der Waals surface area contributed by atoms with E-state index in [2.05, 4.69) is 13.8 Å². The second-order valence-electron chi connectivity index (χ2n) is 4.16. The quantitative estimate of drug-likeness (QED) is 0.632. The number of hydrogen-bond acceptors (Lipinski definition) is 1. The zero-order valence-electron chi connectivity index (χ0n) is 8.68. The molecule has 1 rings (SSSR count). The predicted molar refractivity (Wildman–Crippen MR) is 52.2 cm³/mol. The Morgan fingerprint density at radius 2 is 1.83 bits per heavy atom. The van der Waals surface area contributed by atoms with Crippen LogP contribution < -0.4 is 0 Å². The molecule has 1 nitrogen and oxygen atoms in total. The summed E-state index contributed by atoms with van der Waals surface area (Å²) in [5.74, 6) is 1.89. The normalized spacial score (nSPS) is 33.2. The summed E-state index contributed by atoms with van der Waals surface area (Å²) in [4.78, 5) is 0. The van der Waals surface area contributed by atoms with Gasteiger partial charge in [-0.05, 0) is 37.5 Å². The van der Waals surface area contributed by atoms with Crippen LogP contribution >= 0.6 is 0 Å². The molecule has 0 saturated heterocycles. The summed E-state index contributed by atoms with van der Waals surface area (Å²) in [6, 6.07) is 0. The molecule has 0 amide bonds. The fourth-order valence-electron chi connectivity index (χ4n) is 2.23. The maximum atomic E-state index is 5.35. The van der Waals surface area contributed by atoms with Gasteiger partial charge in [0.25, 0.3) is 0 Å². The molecule has 1 atom stereocenters. The fourth-order valence-corrected chi connectivity index (χ4v) is 2.23. The van der Waals surface area contributed by atoms with E-state index in [0.717, 1.165) is 11.8 Å². The summed E-state index contributed by atoms with van der Waals surface area (Å²) in [6.45, 7) is 4.69. The highest BCUT2D eigenvalue weighted by molar-refractivity contribution is 4.75. The Hall–Kier alpha value is -0.0400. The van der Waals surface area contributed by atoms with Crippen molar-refractivity contribution in [3.8, 4) is 0 Å². The van der Waals surface area contributed by atoms with E-state index in [9.17, 15) is 0 Å². The zero-order valence-corrected chi connectivity index (χ0v) is 8.68. The molecule has 0 bridgehead atoms. The van der Waals surface area contributed by atoms with Gasteiger partial charge < -0.3 is 4.74 Å². The SMILES string of the molecule is CCC(C)[C@H]1CC[C@H](OC)CC1. The standard InChI is InChI=1S/C11H22O/c1-4-9(2)10-5-7-11(12-3)8-6-10/h9-11H,4-8H2,1-3H3/t9?,10-,11-. The van der Waals surface area contributed by atoms with Crippen molar-refractivity contribution in [2.75, 3.05) is 7.11 Å². The molecule has 0 aromatic carbocycles. The van der Waals surface area contributed by atoms with Crippen LogP contribution in [0.2, 0.25) is 0 Å². The van der Waals surface area contributed by atoms with E-state index < -0.39 is 0 Å². The highest BCUT2D eigenvalue weighted by Crippen LogP contribution is 2.32. The molecule has 0 N–H and O–H groups in total. The van der Waals surface area contributed by atoms with Crippen molar-refractivity contribution in [2.24, 2.45) is 11.8 Å². The van der Waals surface area contributed by atoms with Gasteiger partial charge in [-0.3, -0.25) is 0 Å². The molecule has 0 aromatic rings. The Labute approximate surface area is 76.5 Å². The number of hydrogen-bond donors (Lipinski definition) is 0. The van der Waals surface area contributed by atoms with E-state index >= 15 is 0 Å². The average Bonchev–Trinajstić information content (AvgIpc) is 2.17. The van der Waals surface area contributed by atoms with Crippen LogP contribution in [0.4, 0.5) is 0 Å². The highest BCUT2D eigenvalue weighted by Gasteiger charge is 2.23. The van der Waals surface area contributed by atoms with Gasteiger partial charge in [0.05, 0.1) is 6.10 Å². The summed E-state index contributed by atoms with van der Waals surface area (Å²) in [7, 11) is 1.84. The fraction of sp³-hybridized carbons (Fsp3) is 1.00. The molecule has 0 spiro atoms. The minimum Gasteiger partial charge on any atom is -0.381 e. The van der Waals surface area contributed by atoms with Gasteiger partial charge in [-0.2, -0.15) is 0 Å². The number of methoxy groups -OCH3 is 1. The molecule has 1 aliphatic rings. The molecule has 1 fully saturated rings. The van der Waals surface area contributed by atoms with Crippen molar-refractivity contribution in [1.82, 2.24) is 0 Å². The molecule has 0 heterocycles. The van der Waals surface area contributed by atoms with Gasteiger partial charge in [0.15, 0.2) is 0 Å². The Morgan fingerprint density at radius 1 is 1.25 bits per heavy atom. The van der Waals surface area contributed by atoms with E-state index in [0.29, 0.717) is 6.10 Å². The van der Waals surface area contributed by atoms with Crippen LogP contribution in [0.5, 0.6) is 0 Å². The smallest absolute Gasteiger partial charge is 0.0571 e. The summed E-state index contributed by atoms with van der Waals surface area (Å²) in [5.41, 5.74) is 0. The summed E-state index contributed by atoms with van der Waals surface area (Å²) in [6.07, 6.45) is 7.23. The van der Waals surface area contributed by atoms with Crippen molar-refractivity contribution >= 4 is 0 Å². The highest BCUT2D eigenvalue weighted by atomic mass is 16.5. The lowest BCUT2D eigenvalue weighted by Gasteiger charge is -2.31. The first-order valence-electron chi connectivity index (χ1n) is 5.30. The third-order valence-corrected chi connectivity index (χ3v) is 3.50. The van der Waals surface area contributed by atoms with Crippen molar-refractivity contribution in [1.29, 1.82) is 0 Å². The monoisotopic (exact) mass is 170 g/mol. The van der Waals surface area contributed by atoms with Crippen LogP contribution in [-0.2, 0) is 4.74 Å². The maximum Gasteiger partial charge on any atom is 0.0571 e. The molecule has 0 radical (unpaired) electrons. The molecular weight excluding hydrogens is 148 g/mol. The van der Waals surface area contributed by atoms with E-state index in [1.165, 1.54) is 32.1 Å². The van der Waals surface area contributed by atoms with E-state index in [-0.39, 0.29) is 0 Å². The van der Waals surface area contributed by atoms with Crippen LogP contribution in [0.1, 0.15) is 46.0 Å². The molecule has 0 aromatic heterocycles. The van der Waals surface area contributed by atoms with Crippen molar-refractivity contribution in [2.45, 2.75) is 52.1 Å². The van der Waals surface area contributed by atoms with Gasteiger partial charge >= 0.3 is 0 Å². The minimum absolute atomic E-state index is 0.560. The molecular formula is C11H22O. The van der Waals surface area contributed by atoms with E-state index in [4.69, 9.17) is 4.74 Å². The van der Waals surface area contributed by atoms with Crippen LogP contribution in [0.3, 0.4) is 0 Å². The van der Waals surface area contributed by atoms with Gasteiger partial charge in [0, 0.05) is 7.11 Å². The first-order valence-corrected chi connectivity index (χ1v) is 5.30. The molecule has 1 saturated carbocycles. The lowest BCUT2D eigenvalue weighted by atomic mass is 9.79. The number of ether oxygens (including phenoxy) is 1. The third-order valence-electron chi connectivity index (χ3n) is 3.50. The van der Waals surface area contributed by atoms with Crippen molar-refractivity contribution in [3.63, 3.8) is 0 Å². The summed E-state index contributed by atoms with van der Waals surface area (Å²) < 4.78 is 5.35. The minimum atomic E-state index is 0.560. The van der Waals surface area contributed by atoms with Gasteiger partial charge in [-0.1, -0.05) is 20.3 Å². The molecule has 1 heteroatoms. The van der Waals surface area contributed by atoms with Crippen LogP contribution in [0, 0.1) is 11.8 Å². The molecule has 1 aliphatic carbocycles. The first-order chi connectivity index (χ1) is 5.77. The van der Waals surface area contributed by atoms with Crippen LogP contribution in [0.25, 0.3) is 0 Å². The van der Waals surface area contributed by atoms with Gasteiger partial charge in [0.1, 0.15) is 0 Å². The van der Waals surface area contributed by atoms with Crippen molar-refractivity contribution < 1.29 is 4.74 Å². The van der Waals surface area contributed by atoms with Gasteiger partial charge in [-0.15, -0.1) is 0 Å². The lowest BCUT2D eigenvalue weighted by molar-refractivity contribution is 0.0476. The zero-order chi connectivity index (χ0) is 8.97. The third kappa shape index (κ3) is 2.48. The van der Waals surface area contributed by atoms with Crippen LogP contribution in [0.15, 0.2) is 0 Å². The Morgan fingerprint density at radius 3 is 2.25 bits per heavy atom. The van der Waals surface area contributed by atoms with E-state index in [1.54, 1.807) is 0 Å². The topological polar surface area (TPSA) is 9.23 Å². The van der Waals surface area contributed by atoms with Crippen LogP contribution in [-0.4, -0.2) is 13.2 Å². The largest absolute Gasteiger partial charge is 0.381 e. The van der Waals surface area contributed by atoms with Gasteiger partial charge in [-0.25, -0.2) is 0 Å². The summed E-state index contributed by atoms with van der Waals surface area (Å²) in [5, 5.41) is 0. The second-order valence-corrected chi connectivity index (χ2v) is 4.16. The number of rotatable bonds is 3. The average molecular weight is 170 g/mol. The second kappa shape index (κ2) is 4.86. The lowest BCUT2D eigenvalue weighted by Crippen LogP contribution is -2.23. The Kier molecular flexibility index (Phi) is 4.07. The van der Waals surface area contributed by atoms with E-state index in [1.807, 2.05) is 7.11 Å². The Balaban J connectivity index is 2.25. The first kappa shape index (κ1) is 10.0.